The molecule has 2 N–H and O–H groups in total. The molecule has 1 amide bonds. The smallest absolute Gasteiger partial charge is 0.308 e. The van der Waals surface area contributed by atoms with Crippen molar-refractivity contribution in [2.75, 3.05) is 20.1 Å². The van der Waals surface area contributed by atoms with Crippen LogP contribution in [0.3, 0.4) is 0 Å². The van der Waals surface area contributed by atoms with Gasteiger partial charge in [-0.2, -0.15) is 0 Å². The van der Waals surface area contributed by atoms with E-state index >= 15 is 0 Å². The second kappa shape index (κ2) is 5.52. The van der Waals surface area contributed by atoms with Crippen LogP contribution in [0.15, 0.2) is 16.5 Å². The van der Waals surface area contributed by atoms with Crippen LogP contribution in [0.1, 0.15) is 29.2 Å². The number of aliphatic carboxylic acids is 1. The summed E-state index contributed by atoms with van der Waals surface area (Å²) in [4.78, 5) is 24.9. The minimum atomic E-state index is -0.695. The fourth-order valence-electron chi connectivity index (χ4n) is 3.23. The van der Waals surface area contributed by atoms with Gasteiger partial charge in [0, 0.05) is 20.1 Å². The van der Waals surface area contributed by atoms with Crippen molar-refractivity contribution in [1.29, 1.82) is 0 Å². The number of carbonyl (C=O) groups is 2. The number of carboxylic acids is 1. The lowest BCUT2D eigenvalue weighted by Gasteiger charge is -2.13. The van der Waals surface area contributed by atoms with E-state index in [0.29, 0.717) is 30.5 Å². The van der Waals surface area contributed by atoms with Crippen molar-refractivity contribution < 1.29 is 19.1 Å². The summed E-state index contributed by atoms with van der Waals surface area (Å²) in [6, 6.07) is 3.43. The highest BCUT2D eigenvalue weighted by atomic mass is 16.4. The van der Waals surface area contributed by atoms with Crippen molar-refractivity contribution in [3.63, 3.8) is 0 Å². The van der Waals surface area contributed by atoms with E-state index in [2.05, 4.69) is 10.2 Å². The van der Waals surface area contributed by atoms with Crippen molar-refractivity contribution in [3.8, 4) is 0 Å². The highest BCUT2D eigenvalue weighted by molar-refractivity contribution is 5.91. The van der Waals surface area contributed by atoms with E-state index in [1.54, 1.807) is 19.2 Å². The average Bonchev–Trinajstić information content (AvgIpc) is 3.05. The maximum atomic E-state index is 11.5. The summed E-state index contributed by atoms with van der Waals surface area (Å²) in [5.41, 5.74) is 0. The number of amides is 1. The van der Waals surface area contributed by atoms with Crippen LogP contribution < -0.4 is 5.32 Å². The standard InChI is InChI=1S/C15H20N2O4/c1-16-14(18)13-5-4-10(21-13)6-17-7-11(9-2-3-9)12(8-17)15(19)20/h4-5,9,11-12H,2-3,6-8H2,1H3,(H,16,18)(H,19,20). The van der Waals surface area contributed by atoms with Gasteiger partial charge < -0.3 is 14.8 Å². The van der Waals surface area contributed by atoms with Gasteiger partial charge in [0.25, 0.3) is 5.91 Å². The van der Waals surface area contributed by atoms with Crippen LogP contribution in [0.2, 0.25) is 0 Å². The summed E-state index contributed by atoms with van der Waals surface area (Å²) in [7, 11) is 1.56. The van der Waals surface area contributed by atoms with Gasteiger partial charge in [0.15, 0.2) is 5.76 Å². The second-order valence-corrected chi connectivity index (χ2v) is 5.99. The number of carbonyl (C=O) groups excluding carboxylic acids is 1. The Labute approximate surface area is 123 Å². The highest BCUT2D eigenvalue weighted by Gasteiger charge is 2.45. The number of hydrogen-bond donors (Lipinski definition) is 2. The molecule has 2 aliphatic rings. The first-order valence-corrected chi connectivity index (χ1v) is 7.34. The predicted molar refractivity (Wildman–Crippen MR) is 74.7 cm³/mol. The van der Waals surface area contributed by atoms with Gasteiger partial charge in [0.05, 0.1) is 12.5 Å². The number of likely N-dealkylation sites (tertiary alicyclic amines) is 1. The third-order valence-electron chi connectivity index (χ3n) is 4.48. The second-order valence-electron chi connectivity index (χ2n) is 5.99. The predicted octanol–water partition coefficient (Wildman–Crippen LogP) is 1.18. The highest BCUT2D eigenvalue weighted by Crippen LogP contribution is 2.44. The maximum Gasteiger partial charge on any atom is 0.308 e. The monoisotopic (exact) mass is 292 g/mol. The number of hydrogen-bond acceptors (Lipinski definition) is 4. The molecule has 21 heavy (non-hydrogen) atoms. The molecule has 2 fully saturated rings. The van der Waals surface area contributed by atoms with Crippen LogP contribution in [0, 0.1) is 17.8 Å². The van der Waals surface area contributed by atoms with Crippen molar-refractivity contribution in [3.05, 3.63) is 23.7 Å². The molecule has 1 aliphatic carbocycles. The molecule has 2 heterocycles. The normalized spacial score (nSPS) is 26.0. The molecule has 0 aromatic carbocycles. The SMILES string of the molecule is CNC(=O)c1ccc(CN2CC(C(=O)O)C(C3CC3)C2)o1. The molecule has 0 spiro atoms. The Bertz CT molecular complexity index is 550. The van der Waals surface area contributed by atoms with Crippen molar-refractivity contribution >= 4 is 11.9 Å². The summed E-state index contributed by atoms with van der Waals surface area (Å²) in [5.74, 6) is 0.618. The minimum Gasteiger partial charge on any atom is -0.481 e. The topological polar surface area (TPSA) is 82.8 Å². The van der Waals surface area contributed by atoms with E-state index < -0.39 is 5.97 Å². The largest absolute Gasteiger partial charge is 0.481 e. The van der Waals surface area contributed by atoms with Gasteiger partial charge >= 0.3 is 5.97 Å². The first kappa shape index (κ1) is 14.1. The van der Waals surface area contributed by atoms with Gasteiger partial charge in [-0.1, -0.05) is 0 Å². The zero-order chi connectivity index (χ0) is 15.0. The van der Waals surface area contributed by atoms with Crippen molar-refractivity contribution in [2.24, 2.45) is 17.8 Å². The molecule has 1 aromatic heterocycles. The van der Waals surface area contributed by atoms with Crippen LogP contribution in [0.4, 0.5) is 0 Å². The Morgan fingerprint density at radius 1 is 1.38 bits per heavy atom. The average molecular weight is 292 g/mol. The van der Waals surface area contributed by atoms with E-state index in [9.17, 15) is 14.7 Å². The molecule has 1 saturated carbocycles. The van der Waals surface area contributed by atoms with Gasteiger partial charge in [0.1, 0.15) is 5.76 Å². The lowest BCUT2D eigenvalue weighted by Crippen LogP contribution is -2.24. The van der Waals surface area contributed by atoms with E-state index in [1.165, 1.54) is 0 Å². The Hall–Kier alpha value is -1.82. The van der Waals surface area contributed by atoms with E-state index in [0.717, 1.165) is 19.4 Å². The number of carboxylic acid groups (broad SMARTS) is 1. The summed E-state index contributed by atoms with van der Waals surface area (Å²) >= 11 is 0. The van der Waals surface area contributed by atoms with E-state index in [1.807, 2.05) is 0 Å². The molecule has 6 nitrogen and oxygen atoms in total. The van der Waals surface area contributed by atoms with Crippen molar-refractivity contribution in [2.45, 2.75) is 19.4 Å². The fraction of sp³-hybridized carbons (Fsp3) is 0.600. The molecule has 3 rings (SSSR count). The maximum absolute atomic E-state index is 11.5. The zero-order valence-corrected chi connectivity index (χ0v) is 12.0. The first-order valence-electron chi connectivity index (χ1n) is 7.34. The van der Waals surface area contributed by atoms with Gasteiger partial charge in [-0.05, 0) is 36.8 Å². The molecular weight excluding hydrogens is 272 g/mol. The molecule has 2 atom stereocenters. The molecule has 1 aliphatic heterocycles. The molecule has 114 valence electrons. The van der Waals surface area contributed by atoms with E-state index in [-0.39, 0.29) is 17.7 Å². The number of nitrogens with one attached hydrogen (secondary N) is 1. The third kappa shape index (κ3) is 2.95. The number of furan rings is 1. The Morgan fingerprint density at radius 3 is 2.76 bits per heavy atom. The van der Waals surface area contributed by atoms with Crippen molar-refractivity contribution in [1.82, 2.24) is 10.2 Å². The molecule has 0 radical (unpaired) electrons. The summed E-state index contributed by atoms with van der Waals surface area (Å²) < 4.78 is 5.50. The quantitative estimate of drug-likeness (QED) is 0.851. The summed E-state index contributed by atoms with van der Waals surface area (Å²) in [6.45, 7) is 1.92. The first-order chi connectivity index (χ1) is 10.1. The lowest BCUT2D eigenvalue weighted by atomic mass is 9.92. The van der Waals surface area contributed by atoms with Gasteiger partial charge in [-0.3, -0.25) is 14.5 Å². The van der Waals surface area contributed by atoms with E-state index in [4.69, 9.17) is 4.42 Å². The summed E-state index contributed by atoms with van der Waals surface area (Å²) in [5, 5.41) is 11.9. The number of nitrogens with zero attached hydrogens (tertiary/aromatic N) is 1. The molecular formula is C15H20N2O4. The van der Waals surface area contributed by atoms with Crippen LogP contribution in [-0.2, 0) is 11.3 Å². The molecule has 1 aromatic rings. The number of rotatable bonds is 5. The lowest BCUT2D eigenvalue weighted by molar-refractivity contribution is -0.142. The van der Waals surface area contributed by atoms with Crippen LogP contribution in [0.25, 0.3) is 0 Å². The van der Waals surface area contributed by atoms with Gasteiger partial charge in [0.2, 0.25) is 0 Å². The Kier molecular flexibility index (Phi) is 3.71. The molecule has 1 saturated heterocycles. The van der Waals surface area contributed by atoms with Gasteiger partial charge in [-0.25, -0.2) is 0 Å². The Balaban J connectivity index is 1.64. The molecule has 6 heteroatoms. The van der Waals surface area contributed by atoms with Gasteiger partial charge in [-0.15, -0.1) is 0 Å². The third-order valence-corrected chi connectivity index (χ3v) is 4.48. The minimum absolute atomic E-state index is 0.248. The molecule has 0 bridgehead atoms. The Morgan fingerprint density at radius 2 is 2.14 bits per heavy atom. The fourth-order valence-corrected chi connectivity index (χ4v) is 3.23. The molecule has 2 unspecified atom stereocenters. The zero-order valence-electron chi connectivity index (χ0n) is 12.0. The van der Waals surface area contributed by atoms with Crippen LogP contribution in [0.5, 0.6) is 0 Å². The summed E-state index contributed by atoms with van der Waals surface area (Å²) in [6.07, 6.45) is 2.31. The van der Waals surface area contributed by atoms with Crippen LogP contribution >= 0.6 is 0 Å². The van der Waals surface area contributed by atoms with Crippen LogP contribution in [-0.4, -0.2) is 42.0 Å².